The summed E-state index contributed by atoms with van der Waals surface area (Å²) in [5.41, 5.74) is 0.222. The van der Waals surface area contributed by atoms with Gasteiger partial charge in [0.25, 0.3) is 0 Å². The normalized spacial score (nSPS) is 20.8. The molecule has 1 aromatic carbocycles. The van der Waals surface area contributed by atoms with Crippen LogP contribution in [0.5, 0.6) is 0 Å². The molecule has 1 N–H and O–H groups in total. The Morgan fingerprint density at radius 1 is 1.47 bits per heavy atom. The number of carbonyl (C=O) groups is 2. The van der Waals surface area contributed by atoms with Crippen molar-refractivity contribution in [2.45, 2.75) is 20.3 Å². The van der Waals surface area contributed by atoms with Gasteiger partial charge in [0.1, 0.15) is 5.82 Å². The fourth-order valence-corrected chi connectivity index (χ4v) is 1.84. The number of benzene rings is 1. The first kappa shape index (κ1) is 13.5. The Bertz CT molecular complexity index is 515. The number of hydrogen-bond acceptors (Lipinski definition) is 3. The number of carbonyl (C=O) groups excluding carboxylic acids is 2. The van der Waals surface area contributed by atoms with Crippen LogP contribution in [0.3, 0.4) is 0 Å². The van der Waals surface area contributed by atoms with Crippen LogP contribution in [-0.4, -0.2) is 18.5 Å². The summed E-state index contributed by atoms with van der Waals surface area (Å²) in [6.45, 7) is 3.77. The Kier molecular flexibility index (Phi) is 3.83. The summed E-state index contributed by atoms with van der Waals surface area (Å²) in [5, 5.41) is 2.33. The molecule has 0 heterocycles. The van der Waals surface area contributed by atoms with E-state index in [9.17, 15) is 14.0 Å². The molecule has 1 amide bonds. The van der Waals surface area contributed by atoms with Crippen LogP contribution in [0.2, 0.25) is 0 Å². The molecule has 102 valence electrons. The van der Waals surface area contributed by atoms with Crippen LogP contribution < -0.4 is 5.32 Å². The van der Waals surface area contributed by atoms with Crippen LogP contribution in [0.15, 0.2) is 18.2 Å². The smallest absolute Gasteiger partial charge is 0.338 e. The van der Waals surface area contributed by atoms with Crippen LogP contribution >= 0.6 is 0 Å². The first-order valence-corrected chi connectivity index (χ1v) is 6.21. The van der Waals surface area contributed by atoms with Crippen molar-refractivity contribution in [1.29, 1.82) is 0 Å². The minimum absolute atomic E-state index is 0.0123. The van der Waals surface area contributed by atoms with Gasteiger partial charge in [0, 0.05) is 6.92 Å². The first-order chi connectivity index (χ1) is 8.97. The molecule has 2 atom stereocenters. The number of amides is 1. The van der Waals surface area contributed by atoms with Gasteiger partial charge in [-0.3, -0.25) is 4.79 Å². The third-order valence-electron chi connectivity index (χ3n) is 3.22. The second-order valence-corrected chi connectivity index (χ2v) is 4.95. The van der Waals surface area contributed by atoms with Gasteiger partial charge < -0.3 is 10.1 Å². The molecule has 4 nitrogen and oxygen atoms in total. The second-order valence-electron chi connectivity index (χ2n) is 4.95. The number of halogens is 1. The van der Waals surface area contributed by atoms with Gasteiger partial charge in [-0.2, -0.15) is 0 Å². The summed E-state index contributed by atoms with van der Waals surface area (Å²) in [5.74, 6) is -0.417. The summed E-state index contributed by atoms with van der Waals surface area (Å²) < 4.78 is 18.6. The summed E-state index contributed by atoms with van der Waals surface area (Å²) in [4.78, 5) is 22.7. The molecule has 0 aliphatic heterocycles. The molecule has 0 aromatic heterocycles. The predicted octanol–water partition coefficient (Wildman–Crippen LogP) is 2.60. The van der Waals surface area contributed by atoms with Gasteiger partial charge in [-0.15, -0.1) is 0 Å². The SMILES string of the molecule is CC(=O)Nc1cc(C(=O)OCC2CC2C)ccc1F. The highest BCUT2D eigenvalue weighted by Gasteiger charge is 2.33. The van der Waals surface area contributed by atoms with Gasteiger partial charge in [-0.1, -0.05) is 6.92 Å². The van der Waals surface area contributed by atoms with Crippen molar-refractivity contribution in [1.82, 2.24) is 0 Å². The number of rotatable bonds is 4. The van der Waals surface area contributed by atoms with Crippen LogP contribution in [0, 0.1) is 17.7 Å². The average molecular weight is 265 g/mol. The van der Waals surface area contributed by atoms with Crippen molar-refractivity contribution < 1.29 is 18.7 Å². The highest BCUT2D eigenvalue weighted by Crippen LogP contribution is 2.37. The fraction of sp³-hybridized carbons (Fsp3) is 0.429. The molecule has 1 fully saturated rings. The summed E-state index contributed by atoms with van der Waals surface area (Å²) in [6, 6.07) is 3.77. The first-order valence-electron chi connectivity index (χ1n) is 6.21. The fourth-order valence-electron chi connectivity index (χ4n) is 1.84. The summed E-state index contributed by atoms with van der Waals surface area (Å²) in [6.07, 6.45) is 1.08. The molecule has 0 saturated heterocycles. The third kappa shape index (κ3) is 3.53. The molecule has 0 bridgehead atoms. The number of anilines is 1. The maximum Gasteiger partial charge on any atom is 0.338 e. The third-order valence-corrected chi connectivity index (χ3v) is 3.22. The largest absolute Gasteiger partial charge is 0.462 e. The molecule has 19 heavy (non-hydrogen) atoms. The standard InChI is InChI=1S/C14H16FNO3/c1-8-5-11(8)7-19-14(18)10-3-4-12(15)13(6-10)16-9(2)17/h3-4,6,8,11H,5,7H2,1-2H3,(H,16,17). The van der Waals surface area contributed by atoms with Gasteiger partial charge in [0.05, 0.1) is 17.9 Å². The van der Waals surface area contributed by atoms with E-state index in [-0.39, 0.29) is 11.3 Å². The van der Waals surface area contributed by atoms with Crippen molar-refractivity contribution in [3.8, 4) is 0 Å². The molecular formula is C14H16FNO3. The minimum atomic E-state index is -0.581. The Morgan fingerprint density at radius 3 is 2.74 bits per heavy atom. The lowest BCUT2D eigenvalue weighted by Crippen LogP contribution is -2.11. The number of esters is 1. The molecule has 1 aromatic rings. The van der Waals surface area contributed by atoms with Gasteiger partial charge in [0.15, 0.2) is 0 Å². The number of hydrogen-bond donors (Lipinski definition) is 1. The zero-order chi connectivity index (χ0) is 14.0. The van der Waals surface area contributed by atoms with Crippen molar-refractivity contribution in [2.24, 2.45) is 11.8 Å². The Balaban J connectivity index is 2.02. The van der Waals surface area contributed by atoms with E-state index in [4.69, 9.17) is 4.74 Å². The second kappa shape index (κ2) is 5.38. The van der Waals surface area contributed by atoms with E-state index in [0.717, 1.165) is 12.5 Å². The van der Waals surface area contributed by atoms with E-state index in [1.165, 1.54) is 19.1 Å². The predicted molar refractivity (Wildman–Crippen MR) is 68.3 cm³/mol. The van der Waals surface area contributed by atoms with E-state index in [0.29, 0.717) is 18.4 Å². The van der Waals surface area contributed by atoms with E-state index < -0.39 is 17.7 Å². The molecule has 0 radical (unpaired) electrons. The van der Waals surface area contributed by atoms with E-state index in [2.05, 4.69) is 12.2 Å². The minimum Gasteiger partial charge on any atom is -0.462 e. The Labute approximate surface area is 110 Å². The van der Waals surface area contributed by atoms with Crippen molar-refractivity contribution in [3.05, 3.63) is 29.6 Å². The zero-order valence-corrected chi connectivity index (χ0v) is 10.9. The van der Waals surface area contributed by atoms with E-state index >= 15 is 0 Å². The van der Waals surface area contributed by atoms with Crippen LogP contribution in [0.1, 0.15) is 30.6 Å². The topological polar surface area (TPSA) is 55.4 Å². The van der Waals surface area contributed by atoms with Crippen LogP contribution in [-0.2, 0) is 9.53 Å². The maximum absolute atomic E-state index is 13.4. The van der Waals surface area contributed by atoms with E-state index in [1.807, 2.05) is 0 Å². The molecular weight excluding hydrogens is 249 g/mol. The zero-order valence-electron chi connectivity index (χ0n) is 10.9. The number of ether oxygens (including phenoxy) is 1. The van der Waals surface area contributed by atoms with Gasteiger partial charge in [-0.05, 0) is 36.5 Å². The summed E-state index contributed by atoms with van der Waals surface area (Å²) >= 11 is 0. The van der Waals surface area contributed by atoms with Crippen molar-refractivity contribution in [2.75, 3.05) is 11.9 Å². The Morgan fingerprint density at radius 2 is 2.16 bits per heavy atom. The monoisotopic (exact) mass is 265 g/mol. The van der Waals surface area contributed by atoms with Crippen LogP contribution in [0.25, 0.3) is 0 Å². The lowest BCUT2D eigenvalue weighted by molar-refractivity contribution is -0.114. The summed E-state index contributed by atoms with van der Waals surface area (Å²) in [7, 11) is 0. The molecule has 5 heteroatoms. The molecule has 1 aliphatic carbocycles. The molecule has 2 unspecified atom stereocenters. The van der Waals surface area contributed by atoms with E-state index in [1.54, 1.807) is 0 Å². The van der Waals surface area contributed by atoms with Gasteiger partial charge in [0.2, 0.25) is 5.91 Å². The molecule has 0 spiro atoms. The molecule has 1 aliphatic rings. The quantitative estimate of drug-likeness (QED) is 0.851. The number of nitrogens with one attached hydrogen (secondary N) is 1. The maximum atomic E-state index is 13.4. The molecule has 1 saturated carbocycles. The van der Waals surface area contributed by atoms with Gasteiger partial charge >= 0.3 is 5.97 Å². The highest BCUT2D eigenvalue weighted by molar-refractivity contribution is 5.93. The lowest BCUT2D eigenvalue weighted by atomic mass is 10.2. The van der Waals surface area contributed by atoms with Gasteiger partial charge in [-0.25, -0.2) is 9.18 Å². The van der Waals surface area contributed by atoms with Crippen LogP contribution in [0.4, 0.5) is 10.1 Å². The lowest BCUT2D eigenvalue weighted by Gasteiger charge is -2.07. The Hall–Kier alpha value is -1.91. The van der Waals surface area contributed by atoms with Crippen molar-refractivity contribution in [3.63, 3.8) is 0 Å². The highest BCUT2D eigenvalue weighted by atomic mass is 19.1. The average Bonchev–Trinajstić information content (AvgIpc) is 3.04. The molecule has 2 rings (SSSR count). The van der Waals surface area contributed by atoms with Crippen molar-refractivity contribution >= 4 is 17.6 Å².